The first kappa shape index (κ1) is 31.9. The maximum Gasteiger partial charge on any atom is 0.259 e. The largest absolute Gasteiger partial charge is 0.318 e. The average Bonchev–Trinajstić information content (AvgIpc) is 3.29. The van der Waals surface area contributed by atoms with Crippen LogP contribution in [0, 0.1) is 13.8 Å². The molecule has 2 heterocycles. The van der Waals surface area contributed by atoms with Gasteiger partial charge in [-0.15, -0.1) is 0 Å². The number of carbonyl (C=O) groups is 1. The van der Waals surface area contributed by atoms with Gasteiger partial charge in [0.25, 0.3) is 5.91 Å². The maximum atomic E-state index is 13.6. The summed E-state index contributed by atoms with van der Waals surface area (Å²) in [5.41, 5.74) is 5.53. The highest BCUT2D eigenvalue weighted by Gasteiger charge is 2.43. The Labute approximate surface area is 266 Å². The Bertz CT molecular complexity index is 1910. The molecule has 230 valence electrons. The van der Waals surface area contributed by atoms with Gasteiger partial charge >= 0.3 is 0 Å². The maximum absolute atomic E-state index is 13.6. The fourth-order valence-electron chi connectivity index (χ4n) is 5.15. The Balaban J connectivity index is 1.42. The summed E-state index contributed by atoms with van der Waals surface area (Å²) >= 11 is 12.4. The number of hydrogen-bond donors (Lipinski definition) is 1. The fourth-order valence-corrected chi connectivity index (χ4v) is 8.72. The number of piperazine rings is 1. The third-order valence-electron chi connectivity index (χ3n) is 7.28. The number of sulfonamides is 2. The van der Waals surface area contributed by atoms with E-state index in [1.54, 1.807) is 54.6 Å². The van der Waals surface area contributed by atoms with Gasteiger partial charge in [0.15, 0.2) is 0 Å². The van der Waals surface area contributed by atoms with Gasteiger partial charge in [-0.2, -0.15) is 13.7 Å². The first-order valence-corrected chi connectivity index (χ1v) is 17.1. The predicted molar refractivity (Wildman–Crippen MR) is 170 cm³/mol. The van der Waals surface area contributed by atoms with Crippen LogP contribution in [0.25, 0.3) is 5.69 Å². The normalized spacial score (nSPS) is 16.8. The van der Waals surface area contributed by atoms with Gasteiger partial charge in [-0.05, 0) is 62.4 Å². The molecule has 0 aliphatic carbocycles. The molecule has 5 rings (SSSR count). The molecule has 0 spiro atoms. The molecule has 1 amide bonds. The van der Waals surface area contributed by atoms with Crippen LogP contribution in [0.2, 0.25) is 10.0 Å². The molecule has 4 aromatic rings. The van der Waals surface area contributed by atoms with Crippen molar-refractivity contribution >= 4 is 55.4 Å². The molecule has 44 heavy (non-hydrogen) atoms. The van der Waals surface area contributed by atoms with Crippen molar-refractivity contribution in [1.82, 2.24) is 18.6 Å². The third-order valence-corrected chi connectivity index (χ3v) is 11.5. The second kappa shape index (κ2) is 12.8. The molecule has 14 heteroatoms. The standard InChI is InChI=1S/C30H29Cl2N5O5S2/c1-21-15-23(22(2)37(21)26-17-24(31)16-25(32)18-26)19-33-34-30(38)29-20-35(43(39,40)27-9-5-3-6-10-27)13-14-36(29)44(41,42)28-11-7-4-8-12-28/h3-12,15-19,29H,13-14,20H2,1-2H3,(H,34,38)/b33-19+. The molecule has 3 aromatic carbocycles. The van der Waals surface area contributed by atoms with Crippen LogP contribution in [-0.4, -0.2) is 67.8 Å². The Morgan fingerprint density at radius 1 is 0.841 bits per heavy atom. The highest BCUT2D eigenvalue weighted by atomic mass is 35.5. The first-order chi connectivity index (χ1) is 20.9. The van der Waals surface area contributed by atoms with E-state index in [-0.39, 0.29) is 22.9 Å². The fraction of sp³-hybridized carbons (Fsp3) is 0.200. The molecule has 1 atom stereocenters. The number of hydrogen-bond acceptors (Lipinski definition) is 6. The summed E-state index contributed by atoms with van der Waals surface area (Å²) in [4.78, 5) is 13.6. The van der Waals surface area contributed by atoms with Crippen molar-refractivity contribution in [3.05, 3.63) is 112 Å². The topological polar surface area (TPSA) is 121 Å². The summed E-state index contributed by atoms with van der Waals surface area (Å²) in [6, 6.07) is 21.2. The minimum Gasteiger partial charge on any atom is -0.318 e. The number of benzene rings is 3. The Kier molecular flexibility index (Phi) is 9.30. The number of aryl methyl sites for hydroxylation is 1. The summed E-state index contributed by atoms with van der Waals surface area (Å²) in [7, 11) is -8.13. The monoisotopic (exact) mass is 673 g/mol. The van der Waals surface area contributed by atoms with Gasteiger partial charge in [-0.1, -0.05) is 59.6 Å². The van der Waals surface area contributed by atoms with E-state index in [0.29, 0.717) is 15.6 Å². The van der Waals surface area contributed by atoms with Crippen molar-refractivity contribution in [2.24, 2.45) is 5.10 Å². The van der Waals surface area contributed by atoms with Crippen LogP contribution < -0.4 is 5.43 Å². The number of amides is 1. The van der Waals surface area contributed by atoms with Crippen molar-refractivity contribution < 1.29 is 21.6 Å². The van der Waals surface area contributed by atoms with E-state index in [2.05, 4.69) is 10.5 Å². The molecule has 10 nitrogen and oxygen atoms in total. The molecular formula is C30H29Cl2N5O5S2. The van der Waals surface area contributed by atoms with Gasteiger partial charge in [0.1, 0.15) is 6.04 Å². The number of rotatable bonds is 8. The lowest BCUT2D eigenvalue weighted by Gasteiger charge is -2.38. The molecule has 1 aliphatic heterocycles. The van der Waals surface area contributed by atoms with Gasteiger partial charge in [0.05, 0.1) is 16.0 Å². The molecular weight excluding hydrogens is 645 g/mol. The summed E-state index contributed by atoms with van der Waals surface area (Å²) < 4.78 is 58.1. The zero-order chi connectivity index (χ0) is 31.6. The van der Waals surface area contributed by atoms with Crippen LogP contribution in [0.15, 0.2) is 99.8 Å². The van der Waals surface area contributed by atoms with E-state index >= 15 is 0 Å². The lowest BCUT2D eigenvalue weighted by atomic mass is 10.2. The van der Waals surface area contributed by atoms with E-state index in [0.717, 1.165) is 25.7 Å². The van der Waals surface area contributed by atoms with Crippen LogP contribution in [0.4, 0.5) is 0 Å². The molecule has 1 N–H and O–H groups in total. The minimum absolute atomic E-state index is 0.00535. The van der Waals surface area contributed by atoms with Gasteiger partial charge in [0, 0.05) is 52.3 Å². The van der Waals surface area contributed by atoms with E-state index in [9.17, 15) is 21.6 Å². The predicted octanol–water partition coefficient (Wildman–Crippen LogP) is 4.62. The molecule has 0 saturated carbocycles. The van der Waals surface area contributed by atoms with Crippen LogP contribution in [0.1, 0.15) is 17.0 Å². The number of halogens is 2. The van der Waals surface area contributed by atoms with Gasteiger partial charge in [0.2, 0.25) is 20.0 Å². The summed E-state index contributed by atoms with van der Waals surface area (Å²) in [6.07, 6.45) is 1.44. The second-order valence-electron chi connectivity index (χ2n) is 10.1. The van der Waals surface area contributed by atoms with Gasteiger partial charge in [-0.3, -0.25) is 4.79 Å². The lowest BCUT2D eigenvalue weighted by Crippen LogP contribution is -2.60. The Hall–Kier alpha value is -3.52. The second-order valence-corrected chi connectivity index (χ2v) is 14.8. The molecule has 0 bridgehead atoms. The molecule has 1 fully saturated rings. The van der Waals surface area contributed by atoms with Gasteiger partial charge < -0.3 is 4.57 Å². The minimum atomic E-state index is -4.14. The molecule has 1 unspecified atom stereocenters. The summed E-state index contributed by atoms with van der Waals surface area (Å²) in [5.74, 6) is -0.774. The third kappa shape index (κ3) is 6.46. The van der Waals surface area contributed by atoms with Crippen molar-refractivity contribution in [1.29, 1.82) is 0 Å². The van der Waals surface area contributed by atoms with E-state index in [1.165, 1.54) is 30.5 Å². The number of nitrogens with zero attached hydrogens (tertiary/aromatic N) is 4. The molecule has 1 saturated heterocycles. The van der Waals surface area contributed by atoms with E-state index in [1.807, 2.05) is 24.5 Å². The number of hydrazone groups is 1. The van der Waals surface area contributed by atoms with Crippen molar-refractivity contribution in [2.45, 2.75) is 29.7 Å². The number of nitrogens with one attached hydrogen (secondary N) is 1. The first-order valence-electron chi connectivity index (χ1n) is 13.5. The number of carbonyl (C=O) groups excluding carboxylic acids is 1. The molecule has 0 radical (unpaired) electrons. The Morgan fingerprint density at radius 3 is 2.00 bits per heavy atom. The van der Waals surface area contributed by atoms with Crippen LogP contribution >= 0.6 is 23.2 Å². The van der Waals surface area contributed by atoms with Crippen molar-refractivity contribution in [3.8, 4) is 5.69 Å². The zero-order valence-corrected chi connectivity index (χ0v) is 26.9. The van der Waals surface area contributed by atoms with Crippen LogP contribution in [0.5, 0.6) is 0 Å². The molecule has 1 aliphatic rings. The molecule has 1 aromatic heterocycles. The summed E-state index contributed by atoms with van der Waals surface area (Å²) in [5, 5.41) is 5.08. The van der Waals surface area contributed by atoms with E-state index in [4.69, 9.17) is 23.2 Å². The Morgan fingerprint density at radius 2 is 1.41 bits per heavy atom. The highest BCUT2D eigenvalue weighted by molar-refractivity contribution is 7.89. The lowest BCUT2D eigenvalue weighted by molar-refractivity contribution is -0.125. The van der Waals surface area contributed by atoms with Crippen molar-refractivity contribution in [2.75, 3.05) is 19.6 Å². The SMILES string of the molecule is Cc1cc(/C=N/NC(=O)C2CN(S(=O)(=O)c3ccccc3)CCN2S(=O)(=O)c2ccccc2)c(C)n1-c1cc(Cl)cc(Cl)c1. The van der Waals surface area contributed by atoms with Crippen molar-refractivity contribution in [3.63, 3.8) is 0 Å². The average molecular weight is 675 g/mol. The smallest absolute Gasteiger partial charge is 0.259 e. The van der Waals surface area contributed by atoms with Crippen LogP contribution in [-0.2, 0) is 24.8 Å². The zero-order valence-electron chi connectivity index (χ0n) is 23.8. The quantitative estimate of drug-likeness (QED) is 0.216. The van der Waals surface area contributed by atoms with E-state index < -0.39 is 38.5 Å². The number of aromatic nitrogens is 1. The van der Waals surface area contributed by atoms with Gasteiger partial charge in [-0.25, -0.2) is 22.3 Å². The highest BCUT2D eigenvalue weighted by Crippen LogP contribution is 2.27. The van der Waals surface area contributed by atoms with Crippen LogP contribution in [0.3, 0.4) is 0 Å². The summed E-state index contributed by atoms with van der Waals surface area (Å²) in [6.45, 7) is 3.01.